The summed E-state index contributed by atoms with van der Waals surface area (Å²) in [6.07, 6.45) is 2.43. The third kappa shape index (κ3) is 3.73. The molecule has 6 heteroatoms. The molecule has 0 atom stereocenters. The number of anilines is 3. The fraction of sp³-hybridized carbons (Fsp3) is 0.350. The summed E-state index contributed by atoms with van der Waals surface area (Å²) in [4.78, 5) is 16.8. The summed E-state index contributed by atoms with van der Waals surface area (Å²) >= 11 is 5.90. The van der Waals surface area contributed by atoms with Crippen LogP contribution in [0.1, 0.15) is 23.2 Å². The highest BCUT2D eigenvalue weighted by Crippen LogP contribution is 2.31. The van der Waals surface area contributed by atoms with Crippen molar-refractivity contribution < 1.29 is 4.79 Å². The van der Waals surface area contributed by atoms with Crippen LogP contribution >= 0.6 is 11.6 Å². The lowest BCUT2D eigenvalue weighted by molar-refractivity contribution is 0.0747. The first-order valence-electron chi connectivity index (χ1n) is 9.06. The number of piperazine rings is 1. The zero-order valence-corrected chi connectivity index (χ0v) is 15.4. The zero-order valence-electron chi connectivity index (χ0n) is 14.6. The van der Waals surface area contributed by atoms with Crippen LogP contribution in [0.5, 0.6) is 0 Å². The second-order valence-corrected chi connectivity index (χ2v) is 7.41. The minimum absolute atomic E-state index is 0.0645. The highest BCUT2D eigenvalue weighted by atomic mass is 35.5. The Labute approximate surface area is 158 Å². The van der Waals surface area contributed by atoms with Crippen LogP contribution in [0.3, 0.4) is 0 Å². The molecule has 2 aliphatic rings. The van der Waals surface area contributed by atoms with Crippen LogP contribution in [0.25, 0.3) is 0 Å². The number of carbonyl (C=O) groups excluding carboxylic acids is 1. The summed E-state index contributed by atoms with van der Waals surface area (Å²) < 4.78 is 0. The van der Waals surface area contributed by atoms with Gasteiger partial charge in [-0.2, -0.15) is 0 Å². The number of rotatable bonds is 4. The predicted molar refractivity (Wildman–Crippen MR) is 107 cm³/mol. The molecule has 1 aliphatic heterocycles. The van der Waals surface area contributed by atoms with Crippen LogP contribution in [-0.4, -0.2) is 43.0 Å². The van der Waals surface area contributed by atoms with Gasteiger partial charge in [0.15, 0.2) is 0 Å². The molecular weight excluding hydrogens is 348 g/mol. The van der Waals surface area contributed by atoms with Gasteiger partial charge in [-0.15, -0.1) is 0 Å². The first-order valence-corrected chi connectivity index (χ1v) is 9.44. The molecule has 136 valence electrons. The Kier molecular flexibility index (Phi) is 4.64. The minimum Gasteiger partial charge on any atom is -0.397 e. The van der Waals surface area contributed by atoms with Crippen molar-refractivity contribution >= 4 is 34.6 Å². The van der Waals surface area contributed by atoms with Gasteiger partial charge in [0.25, 0.3) is 5.91 Å². The smallest absolute Gasteiger partial charge is 0.253 e. The molecule has 4 rings (SSSR count). The van der Waals surface area contributed by atoms with Crippen LogP contribution < -0.4 is 16.0 Å². The van der Waals surface area contributed by atoms with E-state index in [1.807, 2.05) is 11.0 Å². The molecule has 0 radical (unpaired) electrons. The Morgan fingerprint density at radius 1 is 1.04 bits per heavy atom. The molecule has 0 unspecified atom stereocenters. The van der Waals surface area contributed by atoms with Crippen LogP contribution in [-0.2, 0) is 0 Å². The number of carbonyl (C=O) groups is 1. The quantitative estimate of drug-likeness (QED) is 0.809. The molecule has 1 amide bonds. The summed E-state index contributed by atoms with van der Waals surface area (Å²) in [5, 5.41) is 4.13. The Bertz CT molecular complexity index is 796. The van der Waals surface area contributed by atoms with Gasteiger partial charge in [-0.25, -0.2) is 0 Å². The van der Waals surface area contributed by atoms with E-state index in [2.05, 4.69) is 22.3 Å². The molecule has 1 aliphatic carbocycles. The minimum atomic E-state index is 0.0645. The van der Waals surface area contributed by atoms with E-state index in [9.17, 15) is 4.79 Å². The number of amides is 1. The third-order valence-electron chi connectivity index (χ3n) is 5.00. The SMILES string of the molecule is Nc1ccc(N2CCN(C(=O)c3ccc(Cl)cc3)CC2)cc1NC1CC1. The van der Waals surface area contributed by atoms with Gasteiger partial charge in [0, 0.05) is 48.5 Å². The predicted octanol–water partition coefficient (Wildman–Crippen LogP) is 3.46. The number of hydrogen-bond acceptors (Lipinski definition) is 4. The van der Waals surface area contributed by atoms with E-state index < -0.39 is 0 Å². The Hall–Kier alpha value is -2.40. The topological polar surface area (TPSA) is 61.6 Å². The van der Waals surface area contributed by atoms with E-state index in [0.717, 1.165) is 30.2 Å². The number of nitrogens with one attached hydrogen (secondary N) is 1. The maximum atomic E-state index is 12.6. The van der Waals surface area contributed by atoms with Gasteiger partial charge in [0.1, 0.15) is 0 Å². The lowest BCUT2D eigenvalue weighted by Gasteiger charge is -2.36. The van der Waals surface area contributed by atoms with E-state index in [1.165, 1.54) is 12.8 Å². The summed E-state index contributed by atoms with van der Waals surface area (Å²) in [6.45, 7) is 3.03. The van der Waals surface area contributed by atoms with Crippen LogP contribution in [0.4, 0.5) is 17.1 Å². The fourth-order valence-electron chi connectivity index (χ4n) is 3.26. The molecule has 2 fully saturated rings. The van der Waals surface area contributed by atoms with Crippen LogP contribution in [0, 0.1) is 0 Å². The lowest BCUT2D eigenvalue weighted by atomic mass is 10.1. The van der Waals surface area contributed by atoms with Gasteiger partial charge in [-0.05, 0) is 55.3 Å². The number of nitrogens with two attached hydrogens (primary N) is 1. The summed E-state index contributed by atoms with van der Waals surface area (Å²) in [7, 11) is 0. The number of hydrogen-bond donors (Lipinski definition) is 2. The second-order valence-electron chi connectivity index (χ2n) is 6.98. The number of nitrogen functional groups attached to an aromatic ring is 1. The van der Waals surface area contributed by atoms with Crippen molar-refractivity contribution in [2.75, 3.05) is 42.1 Å². The molecule has 0 bridgehead atoms. The fourth-order valence-corrected chi connectivity index (χ4v) is 3.38. The Morgan fingerprint density at radius 2 is 1.73 bits per heavy atom. The van der Waals surface area contributed by atoms with Crippen molar-refractivity contribution in [3.8, 4) is 0 Å². The average molecular weight is 371 g/mol. The van der Waals surface area contributed by atoms with Crippen molar-refractivity contribution in [2.24, 2.45) is 0 Å². The van der Waals surface area contributed by atoms with Crippen LogP contribution in [0.2, 0.25) is 5.02 Å². The monoisotopic (exact) mass is 370 g/mol. The summed E-state index contributed by atoms with van der Waals surface area (Å²) in [6, 6.07) is 13.8. The van der Waals surface area contributed by atoms with Crippen molar-refractivity contribution in [1.82, 2.24) is 4.90 Å². The molecule has 1 saturated heterocycles. The van der Waals surface area contributed by atoms with Gasteiger partial charge in [-0.3, -0.25) is 4.79 Å². The first-order chi connectivity index (χ1) is 12.6. The number of halogens is 1. The molecule has 26 heavy (non-hydrogen) atoms. The van der Waals surface area contributed by atoms with Crippen molar-refractivity contribution in [3.05, 3.63) is 53.1 Å². The van der Waals surface area contributed by atoms with E-state index in [4.69, 9.17) is 17.3 Å². The van der Waals surface area contributed by atoms with E-state index in [-0.39, 0.29) is 5.91 Å². The molecule has 1 saturated carbocycles. The third-order valence-corrected chi connectivity index (χ3v) is 5.25. The molecule has 3 N–H and O–H groups in total. The summed E-state index contributed by atoms with van der Waals surface area (Å²) in [5.41, 5.74) is 9.74. The highest BCUT2D eigenvalue weighted by Gasteiger charge is 2.24. The van der Waals surface area contributed by atoms with Gasteiger partial charge in [-0.1, -0.05) is 11.6 Å². The van der Waals surface area contributed by atoms with Crippen molar-refractivity contribution in [2.45, 2.75) is 18.9 Å². The molecular formula is C20H23ClN4O. The average Bonchev–Trinajstić information content (AvgIpc) is 3.48. The number of benzene rings is 2. The van der Waals surface area contributed by atoms with E-state index >= 15 is 0 Å². The highest BCUT2D eigenvalue weighted by molar-refractivity contribution is 6.30. The van der Waals surface area contributed by atoms with Crippen LogP contribution in [0.15, 0.2) is 42.5 Å². The van der Waals surface area contributed by atoms with E-state index in [0.29, 0.717) is 29.7 Å². The van der Waals surface area contributed by atoms with Crippen molar-refractivity contribution in [1.29, 1.82) is 0 Å². The molecule has 2 aromatic rings. The van der Waals surface area contributed by atoms with Gasteiger partial charge in [0.05, 0.1) is 11.4 Å². The largest absolute Gasteiger partial charge is 0.397 e. The zero-order chi connectivity index (χ0) is 18.1. The molecule has 0 aromatic heterocycles. The van der Waals surface area contributed by atoms with Gasteiger partial charge in [0.2, 0.25) is 0 Å². The molecule has 2 aromatic carbocycles. The lowest BCUT2D eigenvalue weighted by Crippen LogP contribution is -2.48. The molecule has 5 nitrogen and oxygen atoms in total. The standard InChI is InChI=1S/C20H23ClN4O/c21-15-3-1-14(2-4-15)20(26)25-11-9-24(10-12-25)17-7-8-18(22)19(13-17)23-16-5-6-16/h1-4,7-8,13,16,23H,5-6,9-12,22H2. The number of nitrogens with zero attached hydrogens (tertiary/aromatic N) is 2. The Balaban J connectivity index is 1.40. The maximum absolute atomic E-state index is 12.6. The molecule has 1 heterocycles. The normalized spacial score (nSPS) is 17.3. The van der Waals surface area contributed by atoms with Gasteiger partial charge >= 0.3 is 0 Å². The van der Waals surface area contributed by atoms with Gasteiger partial charge < -0.3 is 20.9 Å². The van der Waals surface area contributed by atoms with Crippen molar-refractivity contribution in [3.63, 3.8) is 0 Å². The first kappa shape index (κ1) is 17.0. The Morgan fingerprint density at radius 3 is 2.38 bits per heavy atom. The second kappa shape index (κ2) is 7.08. The van der Waals surface area contributed by atoms with E-state index in [1.54, 1.807) is 24.3 Å². The summed E-state index contributed by atoms with van der Waals surface area (Å²) in [5.74, 6) is 0.0645. The maximum Gasteiger partial charge on any atom is 0.253 e. The molecule has 0 spiro atoms.